The molecule has 5 N–H and O–H groups in total. The van der Waals surface area contributed by atoms with Crippen LogP contribution in [-0.4, -0.2) is 44.2 Å². The molecule has 0 saturated heterocycles. The molecule has 13 heteroatoms. The molecule has 0 radical (unpaired) electrons. The molecule has 0 fully saturated rings. The SMILES string of the molecule is NC(=O)CCCN=C(c1ccc(Cl)cc1)c1cc(F)ccc1O.NC(=O)c1cn(Cc2c(F)cccc2F)nn1. The topological polar surface area (TPSA) is 149 Å². The van der Waals surface area contributed by atoms with Crippen LogP contribution in [0.15, 0.2) is 71.9 Å². The molecule has 3 aromatic carbocycles. The van der Waals surface area contributed by atoms with Gasteiger partial charge < -0.3 is 16.6 Å². The summed E-state index contributed by atoms with van der Waals surface area (Å²) in [6.07, 6.45) is 1.92. The van der Waals surface area contributed by atoms with E-state index in [2.05, 4.69) is 15.3 Å². The zero-order chi connectivity index (χ0) is 29.2. The molecule has 0 aliphatic carbocycles. The third-order valence-electron chi connectivity index (χ3n) is 5.36. The number of halogens is 4. The normalized spacial score (nSPS) is 11.1. The van der Waals surface area contributed by atoms with Gasteiger partial charge in [-0.25, -0.2) is 17.9 Å². The number of hydrogen-bond acceptors (Lipinski definition) is 6. The number of aromatic nitrogens is 3. The molecular formula is C27H24ClF3N6O3. The van der Waals surface area contributed by atoms with Gasteiger partial charge in [-0.3, -0.25) is 14.6 Å². The van der Waals surface area contributed by atoms with E-state index in [0.29, 0.717) is 29.3 Å². The van der Waals surface area contributed by atoms with E-state index in [9.17, 15) is 27.9 Å². The van der Waals surface area contributed by atoms with Crippen molar-refractivity contribution in [3.8, 4) is 5.75 Å². The summed E-state index contributed by atoms with van der Waals surface area (Å²) < 4.78 is 41.3. The molecule has 4 aromatic rings. The molecule has 0 unspecified atom stereocenters. The van der Waals surface area contributed by atoms with Crippen molar-refractivity contribution in [2.45, 2.75) is 19.4 Å². The van der Waals surface area contributed by atoms with Crippen LogP contribution in [0.2, 0.25) is 5.02 Å². The number of primary amides is 2. The van der Waals surface area contributed by atoms with Crippen molar-refractivity contribution in [2.24, 2.45) is 16.5 Å². The molecule has 0 atom stereocenters. The number of phenols is 1. The van der Waals surface area contributed by atoms with Crippen molar-refractivity contribution < 1.29 is 27.9 Å². The van der Waals surface area contributed by atoms with E-state index in [1.165, 1.54) is 30.5 Å². The number of benzene rings is 3. The van der Waals surface area contributed by atoms with Crippen LogP contribution in [-0.2, 0) is 11.3 Å². The van der Waals surface area contributed by atoms with Gasteiger partial charge in [-0.2, -0.15) is 0 Å². The highest BCUT2D eigenvalue weighted by molar-refractivity contribution is 6.30. The fourth-order valence-corrected chi connectivity index (χ4v) is 3.54. The standard InChI is InChI=1S/C17H16ClFN2O2.C10H8F2N4O/c18-12-5-3-11(4-6-12)17(21-9-1-2-16(20)23)14-10-13(19)7-8-15(14)22;11-7-2-1-3-8(12)6(7)4-16-5-9(10(13)17)14-15-16/h3-8,10,22H,1-2,9H2,(H2,20,23);1-3,5H,4H2,(H2,13,17). The first-order chi connectivity index (χ1) is 19.0. The smallest absolute Gasteiger partial charge is 0.270 e. The quantitative estimate of drug-likeness (QED) is 0.205. The summed E-state index contributed by atoms with van der Waals surface area (Å²) in [4.78, 5) is 26.0. The lowest BCUT2D eigenvalue weighted by Crippen LogP contribution is -2.11. The summed E-state index contributed by atoms with van der Waals surface area (Å²) in [6.45, 7) is 0.176. The molecule has 0 spiro atoms. The Kier molecular flexibility index (Phi) is 10.4. The highest BCUT2D eigenvalue weighted by Crippen LogP contribution is 2.23. The summed E-state index contributed by atoms with van der Waals surface area (Å²) in [6, 6.07) is 14.1. The maximum atomic E-state index is 13.5. The van der Waals surface area contributed by atoms with Crippen molar-refractivity contribution in [1.29, 1.82) is 0 Å². The highest BCUT2D eigenvalue weighted by atomic mass is 35.5. The van der Waals surface area contributed by atoms with Crippen molar-refractivity contribution in [2.75, 3.05) is 6.54 Å². The number of aromatic hydroxyl groups is 1. The average molecular weight is 573 g/mol. The lowest BCUT2D eigenvalue weighted by atomic mass is 10.0. The molecule has 1 heterocycles. The number of aliphatic imine (C=N–C) groups is 1. The lowest BCUT2D eigenvalue weighted by Gasteiger charge is -2.10. The highest BCUT2D eigenvalue weighted by Gasteiger charge is 2.14. The van der Waals surface area contributed by atoms with E-state index < -0.39 is 29.3 Å². The van der Waals surface area contributed by atoms with Gasteiger partial charge in [-0.05, 0) is 48.9 Å². The van der Waals surface area contributed by atoms with Crippen LogP contribution in [0.1, 0.15) is 40.0 Å². The number of rotatable bonds is 9. The fourth-order valence-electron chi connectivity index (χ4n) is 3.42. The molecule has 208 valence electrons. The predicted octanol–water partition coefficient (Wildman–Crippen LogP) is 3.99. The van der Waals surface area contributed by atoms with Gasteiger partial charge in [-0.1, -0.05) is 35.0 Å². The number of nitrogens with zero attached hydrogens (tertiary/aromatic N) is 4. The van der Waals surface area contributed by atoms with Gasteiger partial charge in [0.1, 0.15) is 23.2 Å². The van der Waals surface area contributed by atoms with Crippen LogP contribution in [0.3, 0.4) is 0 Å². The minimum absolute atomic E-state index is 0.0539. The Bertz CT molecular complexity index is 1510. The number of carbonyl (C=O) groups excluding carboxylic acids is 2. The van der Waals surface area contributed by atoms with Gasteiger partial charge in [0.2, 0.25) is 5.91 Å². The van der Waals surface area contributed by atoms with Gasteiger partial charge in [-0.15, -0.1) is 5.10 Å². The van der Waals surface area contributed by atoms with Crippen LogP contribution in [0, 0.1) is 17.5 Å². The van der Waals surface area contributed by atoms with Gasteiger partial charge in [0.25, 0.3) is 5.91 Å². The number of phenolic OH excluding ortho intramolecular Hbond substituents is 1. The summed E-state index contributed by atoms with van der Waals surface area (Å²) in [5.41, 5.74) is 11.3. The van der Waals surface area contributed by atoms with Gasteiger partial charge in [0.05, 0.1) is 18.5 Å². The predicted molar refractivity (Wildman–Crippen MR) is 142 cm³/mol. The molecule has 9 nitrogen and oxygen atoms in total. The second kappa shape index (κ2) is 13.9. The molecule has 1 aromatic heterocycles. The first-order valence-electron chi connectivity index (χ1n) is 11.8. The van der Waals surface area contributed by atoms with E-state index in [0.717, 1.165) is 16.8 Å². The third kappa shape index (κ3) is 8.40. The van der Waals surface area contributed by atoms with Crippen LogP contribution in [0.25, 0.3) is 0 Å². The lowest BCUT2D eigenvalue weighted by molar-refractivity contribution is -0.118. The van der Waals surface area contributed by atoms with Crippen molar-refractivity contribution >= 4 is 29.1 Å². The van der Waals surface area contributed by atoms with E-state index in [4.69, 9.17) is 23.1 Å². The molecule has 40 heavy (non-hydrogen) atoms. The monoisotopic (exact) mass is 572 g/mol. The number of amides is 2. The van der Waals surface area contributed by atoms with E-state index in [-0.39, 0.29) is 35.5 Å². The van der Waals surface area contributed by atoms with Crippen molar-refractivity contribution in [1.82, 2.24) is 15.0 Å². The summed E-state index contributed by atoms with van der Waals surface area (Å²) >= 11 is 5.88. The molecule has 0 aliphatic heterocycles. The van der Waals surface area contributed by atoms with Gasteiger partial charge in [0, 0.05) is 34.7 Å². The van der Waals surface area contributed by atoms with Crippen LogP contribution in [0.5, 0.6) is 5.75 Å². The van der Waals surface area contributed by atoms with Crippen LogP contribution < -0.4 is 11.5 Å². The van der Waals surface area contributed by atoms with Crippen molar-refractivity contribution in [3.63, 3.8) is 0 Å². The molecule has 0 aliphatic rings. The zero-order valence-corrected chi connectivity index (χ0v) is 21.7. The maximum Gasteiger partial charge on any atom is 0.270 e. The second-order valence-corrected chi connectivity index (χ2v) is 8.77. The van der Waals surface area contributed by atoms with Gasteiger partial charge in [0.15, 0.2) is 5.69 Å². The van der Waals surface area contributed by atoms with Crippen LogP contribution >= 0.6 is 11.6 Å². The first kappa shape index (κ1) is 29.8. The van der Waals surface area contributed by atoms with E-state index in [1.54, 1.807) is 24.3 Å². The maximum absolute atomic E-state index is 13.5. The molecule has 2 amide bonds. The Balaban J connectivity index is 0.000000230. The fraction of sp³-hybridized carbons (Fsp3) is 0.148. The van der Waals surface area contributed by atoms with Crippen molar-refractivity contribution in [3.05, 3.63) is 112 Å². The number of hydrogen-bond donors (Lipinski definition) is 3. The molecule has 0 saturated carbocycles. The summed E-state index contributed by atoms with van der Waals surface area (Å²) in [5, 5.41) is 17.6. The molecule has 0 bridgehead atoms. The Hall–Kier alpha value is -4.71. The van der Waals surface area contributed by atoms with E-state index in [1.807, 2.05) is 0 Å². The minimum atomic E-state index is -0.745. The summed E-state index contributed by atoms with van der Waals surface area (Å²) in [5.74, 6) is -3.05. The number of carbonyl (C=O) groups is 2. The Morgan fingerprint density at radius 2 is 1.68 bits per heavy atom. The molecule has 4 rings (SSSR count). The first-order valence-corrected chi connectivity index (χ1v) is 12.1. The number of nitrogens with two attached hydrogens (primary N) is 2. The molecular weight excluding hydrogens is 549 g/mol. The Morgan fingerprint density at radius 1 is 1.00 bits per heavy atom. The second-order valence-electron chi connectivity index (χ2n) is 8.33. The third-order valence-corrected chi connectivity index (χ3v) is 5.61. The summed E-state index contributed by atoms with van der Waals surface area (Å²) in [7, 11) is 0. The Morgan fingerprint density at radius 3 is 2.27 bits per heavy atom. The zero-order valence-electron chi connectivity index (χ0n) is 20.9. The van der Waals surface area contributed by atoms with Crippen LogP contribution in [0.4, 0.5) is 13.2 Å². The Labute approximate surface area is 231 Å². The average Bonchev–Trinajstić information content (AvgIpc) is 3.38. The largest absolute Gasteiger partial charge is 0.507 e. The van der Waals surface area contributed by atoms with Gasteiger partial charge >= 0.3 is 0 Å². The minimum Gasteiger partial charge on any atom is -0.507 e. The van der Waals surface area contributed by atoms with E-state index >= 15 is 0 Å².